The third kappa shape index (κ3) is 3.71. The molecule has 3 aromatic heterocycles. The second kappa shape index (κ2) is 7.88. The van der Waals surface area contributed by atoms with Crippen molar-refractivity contribution >= 4 is 34.1 Å². The van der Waals surface area contributed by atoms with Crippen LogP contribution in [0.25, 0.3) is 22.0 Å². The number of anilines is 3. The zero-order valence-electron chi connectivity index (χ0n) is 18.0. The van der Waals surface area contributed by atoms with Crippen LogP contribution in [0.15, 0.2) is 48.8 Å². The van der Waals surface area contributed by atoms with Crippen LogP contribution in [0.2, 0.25) is 0 Å². The minimum Gasteiger partial charge on any atom is -0.397 e. The molecule has 4 aromatic rings. The molecule has 5 rings (SSSR count). The number of pyridine rings is 2. The first-order chi connectivity index (χ1) is 15.5. The summed E-state index contributed by atoms with van der Waals surface area (Å²) < 4.78 is 0. The van der Waals surface area contributed by atoms with Crippen molar-refractivity contribution in [2.75, 3.05) is 17.6 Å². The maximum Gasteiger partial charge on any atom is 0.219 e. The van der Waals surface area contributed by atoms with Gasteiger partial charge in [0.15, 0.2) is 5.82 Å². The molecule has 0 radical (unpaired) electrons. The number of hydrogen-bond donors (Lipinski definition) is 2. The van der Waals surface area contributed by atoms with Crippen molar-refractivity contribution in [3.05, 3.63) is 65.6 Å². The van der Waals surface area contributed by atoms with Crippen LogP contribution in [-0.4, -0.2) is 37.5 Å². The van der Waals surface area contributed by atoms with Crippen molar-refractivity contribution in [1.29, 1.82) is 0 Å². The molecule has 160 valence electrons. The first-order valence-corrected chi connectivity index (χ1v) is 10.5. The van der Waals surface area contributed by atoms with Gasteiger partial charge < -0.3 is 16.0 Å². The number of benzene rings is 1. The van der Waals surface area contributed by atoms with Crippen molar-refractivity contribution in [2.45, 2.75) is 26.8 Å². The fourth-order valence-electron chi connectivity index (χ4n) is 4.05. The lowest BCUT2D eigenvalue weighted by Crippen LogP contribution is -2.34. The van der Waals surface area contributed by atoms with Gasteiger partial charge in [-0.15, -0.1) is 10.2 Å². The summed E-state index contributed by atoms with van der Waals surface area (Å²) >= 11 is 0. The van der Waals surface area contributed by atoms with Crippen LogP contribution in [0.1, 0.15) is 23.7 Å². The number of carbonyl (C=O) groups excluding carboxylic acids is 1. The van der Waals surface area contributed by atoms with Gasteiger partial charge in [0.2, 0.25) is 5.91 Å². The Hall–Kier alpha value is -4.07. The summed E-state index contributed by atoms with van der Waals surface area (Å²) in [5.41, 5.74) is 12.7. The Morgan fingerprint density at radius 3 is 2.81 bits per heavy atom. The summed E-state index contributed by atoms with van der Waals surface area (Å²) in [6.07, 6.45) is 4.35. The van der Waals surface area contributed by atoms with Gasteiger partial charge in [0.1, 0.15) is 11.3 Å². The van der Waals surface area contributed by atoms with Gasteiger partial charge in [0.05, 0.1) is 5.69 Å². The average Bonchev–Trinajstić information content (AvgIpc) is 2.78. The molecule has 0 saturated heterocycles. The number of aryl methyl sites for hydroxylation is 1. The lowest BCUT2D eigenvalue weighted by atomic mass is 10.0. The number of aromatic nitrogens is 4. The number of nitrogens with two attached hydrogens (primary N) is 1. The van der Waals surface area contributed by atoms with Gasteiger partial charge in [-0.3, -0.25) is 9.78 Å². The SMILES string of the molecule is CC(=O)N1CCc2nc(Nc3cc4cc(-c5cnccc5C)cc(N)c4nn3)ccc2C1. The summed E-state index contributed by atoms with van der Waals surface area (Å²) in [4.78, 5) is 22.4. The van der Waals surface area contributed by atoms with Crippen molar-refractivity contribution in [2.24, 2.45) is 0 Å². The van der Waals surface area contributed by atoms with Gasteiger partial charge in [0, 0.05) is 55.5 Å². The summed E-state index contributed by atoms with van der Waals surface area (Å²) in [7, 11) is 0. The molecule has 0 fully saturated rings. The van der Waals surface area contributed by atoms with Crippen LogP contribution < -0.4 is 11.1 Å². The van der Waals surface area contributed by atoms with Gasteiger partial charge >= 0.3 is 0 Å². The topological polar surface area (TPSA) is 110 Å². The van der Waals surface area contributed by atoms with E-state index in [9.17, 15) is 4.79 Å². The summed E-state index contributed by atoms with van der Waals surface area (Å²) in [5, 5.41) is 12.7. The molecule has 3 N–H and O–H groups in total. The quantitative estimate of drug-likeness (QED) is 0.482. The predicted octanol–water partition coefficient (Wildman–Crippen LogP) is 3.63. The minimum atomic E-state index is 0.0874. The van der Waals surface area contributed by atoms with Crippen LogP contribution in [0.5, 0.6) is 0 Å². The third-order valence-electron chi connectivity index (χ3n) is 5.82. The molecule has 8 heteroatoms. The van der Waals surface area contributed by atoms with Crippen LogP contribution in [0.3, 0.4) is 0 Å². The standard InChI is InChI=1S/C24H23N7O/c1-14-5-7-26-12-19(14)17-9-18-11-23(29-30-24(18)20(25)10-17)28-22-4-3-16-13-31(15(2)32)8-6-21(16)27-22/h3-5,7,9-12H,6,8,13,25H2,1-2H3,(H,27,28,29). The first kappa shape index (κ1) is 19.9. The first-order valence-electron chi connectivity index (χ1n) is 10.5. The maximum absolute atomic E-state index is 11.6. The Morgan fingerprint density at radius 1 is 1.12 bits per heavy atom. The maximum atomic E-state index is 11.6. The molecular weight excluding hydrogens is 402 g/mol. The normalized spacial score (nSPS) is 13.1. The van der Waals surface area contributed by atoms with E-state index in [1.807, 2.05) is 54.4 Å². The Morgan fingerprint density at radius 2 is 2.00 bits per heavy atom. The lowest BCUT2D eigenvalue weighted by molar-refractivity contribution is -0.129. The number of amides is 1. The molecule has 0 unspecified atom stereocenters. The lowest BCUT2D eigenvalue weighted by Gasteiger charge is -2.27. The van der Waals surface area contributed by atoms with E-state index in [1.165, 1.54) is 0 Å². The van der Waals surface area contributed by atoms with E-state index >= 15 is 0 Å². The van der Waals surface area contributed by atoms with Crippen LogP contribution in [0.4, 0.5) is 17.3 Å². The summed E-state index contributed by atoms with van der Waals surface area (Å²) in [6, 6.07) is 11.8. The van der Waals surface area contributed by atoms with Crippen LogP contribution in [-0.2, 0) is 17.8 Å². The number of nitrogens with one attached hydrogen (secondary N) is 1. The molecule has 1 aromatic carbocycles. The monoisotopic (exact) mass is 425 g/mol. The van der Waals surface area contributed by atoms with E-state index in [4.69, 9.17) is 10.7 Å². The third-order valence-corrected chi connectivity index (χ3v) is 5.82. The van der Waals surface area contributed by atoms with E-state index in [0.29, 0.717) is 35.9 Å². The van der Waals surface area contributed by atoms with Crippen molar-refractivity contribution < 1.29 is 4.79 Å². The zero-order chi connectivity index (χ0) is 22.2. The van der Waals surface area contributed by atoms with Gasteiger partial charge in [-0.05, 0) is 53.9 Å². The van der Waals surface area contributed by atoms with E-state index in [1.54, 1.807) is 13.1 Å². The highest BCUT2D eigenvalue weighted by molar-refractivity contribution is 5.95. The smallest absolute Gasteiger partial charge is 0.219 e. The molecule has 1 aliphatic rings. The number of carbonyl (C=O) groups is 1. The van der Waals surface area contributed by atoms with E-state index in [-0.39, 0.29) is 5.91 Å². The number of fused-ring (bicyclic) bond motifs is 2. The average molecular weight is 425 g/mol. The van der Waals surface area contributed by atoms with Crippen molar-refractivity contribution in [3.8, 4) is 11.1 Å². The number of hydrogen-bond acceptors (Lipinski definition) is 7. The number of rotatable bonds is 3. The van der Waals surface area contributed by atoms with Crippen LogP contribution in [0, 0.1) is 6.92 Å². The largest absolute Gasteiger partial charge is 0.397 e. The molecule has 4 heterocycles. The van der Waals surface area contributed by atoms with Crippen LogP contribution >= 0.6 is 0 Å². The Labute approximate surface area is 185 Å². The molecule has 32 heavy (non-hydrogen) atoms. The fraction of sp³-hybridized carbons (Fsp3) is 0.208. The Bertz CT molecular complexity index is 1350. The molecule has 1 amide bonds. The van der Waals surface area contributed by atoms with E-state index in [2.05, 4.69) is 20.5 Å². The van der Waals surface area contributed by atoms with Gasteiger partial charge in [-0.25, -0.2) is 4.98 Å². The second-order valence-corrected chi connectivity index (χ2v) is 8.04. The highest BCUT2D eigenvalue weighted by atomic mass is 16.2. The number of nitrogen functional groups attached to an aromatic ring is 1. The predicted molar refractivity (Wildman–Crippen MR) is 124 cm³/mol. The number of nitrogens with zero attached hydrogens (tertiary/aromatic N) is 5. The highest BCUT2D eigenvalue weighted by Gasteiger charge is 2.19. The molecule has 0 bridgehead atoms. The molecule has 0 aliphatic carbocycles. The Balaban J connectivity index is 1.45. The zero-order valence-corrected chi connectivity index (χ0v) is 18.0. The van der Waals surface area contributed by atoms with Gasteiger partial charge in [-0.2, -0.15) is 0 Å². The molecule has 0 spiro atoms. The highest BCUT2D eigenvalue weighted by Crippen LogP contribution is 2.31. The fourth-order valence-corrected chi connectivity index (χ4v) is 4.05. The minimum absolute atomic E-state index is 0.0874. The van der Waals surface area contributed by atoms with Crippen molar-refractivity contribution in [3.63, 3.8) is 0 Å². The van der Waals surface area contributed by atoms with Crippen molar-refractivity contribution in [1.82, 2.24) is 25.1 Å². The summed E-state index contributed by atoms with van der Waals surface area (Å²) in [6.45, 7) is 4.93. The summed E-state index contributed by atoms with van der Waals surface area (Å²) in [5.74, 6) is 1.37. The Kier molecular flexibility index (Phi) is 4.89. The molecule has 1 aliphatic heterocycles. The van der Waals surface area contributed by atoms with Gasteiger partial charge in [-0.1, -0.05) is 6.07 Å². The molecule has 0 saturated carbocycles. The molecule has 8 nitrogen and oxygen atoms in total. The second-order valence-electron chi connectivity index (χ2n) is 8.04. The van der Waals surface area contributed by atoms with E-state index in [0.717, 1.165) is 39.8 Å². The van der Waals surface area contributed by atoms with Gasteiger partial charge in [0.25, 0.3) is 0 Å². The molecular formula is C24H23N7O. The molecule has 0 atom stereocenters. The van der Waals surface area contributed by atoms with E-state index < -0.39 is 0 Å².